The Balaban J connectivity index is 1.91. The summed E-state index contributed by atoms with van der Waals surface area (Å²) in [7, 11) is -10.4. The van der Waals surface area contributed by atoms with E-state index in [1.807, 2.05) is 0 Å². The molecule has 1 fully saturated rings. The molecule has 1 saturated heterocycles. The fourth-order valence-corrected chi connectivity index (χ4v) is 8.63. The van der Waals surface area contributed by atoms with Gasteiger partial charge in [0.25, 0.3) is 10.0 Å². The number of sulfone groups is 2. The Labute approximate surface area is 175 Å². The maximum Gasteiger partial charge on any atom is 0.337 e. The molecule has 0 spiro atoms. The first kappa shape index (κ1) is 22.2. The van der Waals surface area contributed by atoms with Gasteiger partial charge in [-0.25, -0.2) is 30.0 Å². The minimum Gasteiger partial charge on any atom is -0.465 e. The summed E-state index contributed by atoms with van der Waals surface area (Å²) >= 11 is 0. The lowest BCUT2D eigenvalue weighted by Crippen LogP contribution is -2.23. The SMILES string of the molecule is COC(=O)c1cccc(NS(=O)(=O)c2cccc(S(=O)(=O)[C@H]3CCS(=O)(=O)C3)c2)c1. The first-order valence-electron chi connectivity index (χ1n) is 8.70. The Hall–Kier alpha value is -2.44. The van der Waals surface area contributed by atoms with E-state index in [9.17, 15) is 30.0 Å². The average Bonchev–Trinajstić information content (AvgIpc) is 3.08. The zero-order chi connectivity index (χ0) is 22.2. The molecule has 0 aliphatic carbocycles. The summed E-state index contributed by atoms with van der Waals surface area (Å²) < 4.78 is 81.2. The normalized spacial score (nSPS) is 18.6. The molecule has 30 heavy (non-hydrogen) atoms. The molecule has 0 aromatic heterocycles. The highest BCUT2D eigenvalue weighted by atomic mass is 32.2. The van der Waals surface area contributed by atoms with Crippen LogP contribution >= 0.6 is 0 Å². The molecule has 1 atom stereocenters. The minimum atomic E-state index is -4.18. The van der Waals surface area contributed by atoms with Gasteiger partial charge in [-0.05, 0) is 42.8 Å². The topological polar surface area (TPSA) is 141 Å². The molecule has 0 saturated carbocycles. The minimum absolute atomic E-state index is 0.0276. The lowest BCUT2D eigenvalue weighted by Gasteiger charge is -2.13. The fraction of sp³-hybridized carbons (Fsp3) is 0.278. The molecule has 0 unspecified atom stereocenters. The molecule has 0 radical (unpaired) electrons. The first-order chi connectivity index (χ1) is 13.9. The van der Waals surface area contributed by atoms with Crippen LogP contribution in [0.4, 0.5) is 5.69 Å². The van der Waals surface area contributed by atoms with E-state index in [2.05, 4.69) is 9.46 Å². The van der Waals surface area contributed by atoms with E-state index in [-0.39, 0.29) is 33.2 Å². The summed E-state index contributed by atoms with van der Waals surface area (Å²) in [5.41, 5.74) is 0.226. The lowest BCUT2D eigenvalue weighted by atomic mass is 10.2. The van der Waals surface area contributed by atoms with Gasteiger partial charge in [0.1, 0.15) is 0 Å². The number of hydrogen-bond donors (Lipinski definition) is 1. The van der Waals surface area contributed by atoms with Crippen molar-refractivity contribution < 1.29 is 34.8 Å². The summed E-state index contributed by atoms with van der Waals surface area (Å²) in [4.78, 5) is 11.0. The van der Waals surface area contributed by atoms with Crippen LogP contribution in [0.3, 0.4) is 0 Å². The molecular weight excluding hydrogens is 454 g/mol. The van der Waals surface area contributed by atoms with Crippen molar-refractivity contribution in [2.45, 2.75) is 21.5 Å². The van der Waals surface area contributed by atoms with Crippen LogP contribution < -0.4 is 4.72 Å². The molecule has 1 aliphatic rings. The van der Waals surface area contributed by atoms with Gasteiger partial charge in [-0.15, -0.1) is 0 Å². The lowest BCUT2D eigenvalue weighted by molar-refractivity contribution is 0.0600. The maximum absolute atomic E-state index is 12.8. The molecule has 0 bridgehead atoms. The zero-order valence-corrected chi connectivity index (χ0v) is 18.3. The van der Waals surface area contributed by atoms with Gasteiger partial charge in [-0.3, -0.25) is 4.72 Å². The van der Waals surface area contributed by atoms with E-state index >= 15 is 0 Å². The molecule has 1 heterocycles. The molecule has 9 nitrogen and oxygen atoms in total. The quantitative estimate of drug-likeness (QED) is 0.618. The maximum atomic E-state index is 12.8. The Morgan fingerprint density at radius 3 is 2.33 bits per heavy atom. The largest absolute Gasteiger partial charge is 0.465 e. The Morgan fingerprint density at radius 2 is 1.70 bits per heavy atom. The Kier molecular flexibility index (Phi) is 5.94. The number of sulfonamides is 1. The summed E-state index contributed by atoms with van der Waals surface area (Å²) in [5, 5.41) is -1.11. The highest BCUT2D eigenvalue weighted by molar-refractivity contribution is 7.96. The summed E-state index contributed by atoms with van der Waals surface area (Å²) in [6, 6.07) is 10.3. The van der Waals surface area contributed by atoms with Gasteiger partial charge in [0, 0.05) is 5.69 Å². The zero-order valence-electron chi connectivity index (χ0n) is 15.8. The molecule has 2 aromatic carbocycles. The second kappa shape index (κ2) is 8.00. The number of methoxy groups -OCH3 is 1. The molecule has 2 aromatic rings. The molecule has 162 valence electrons. The van der Waals surface area contributed by atoms with Crippen LogP contribution in [-0.2, 0) is 34.4 Å². The van der Waals surface area contributed by atoms with Gasteiger partial charge in [-0.2, -0.15) is 0 Å². The third-order valence-corrected chi connectivity index (χ3v) is 10.2. The number of rotatable bonds is 6. The summed E-state index contributed by atoms with van der Waals surface area (Å²) in [6.45, 7) is 0. The Morgan fingerprint density at radius 1 is 1.03 bits per heavy atom. The number of carbonyl (C=O) groups is 1. The van der Waals surface area contributed by atoms with Crippen LogP contribution in [0.2, 0.25) is 0 Å². The van der Waals surface area contributed by atoms with E-state index in [0.29, 0.717) is 0 Å². The van der Waals surface area contributed by atoms with Gasteiger partial charge in [0.05, 0.1) is 39.2 Å². The van der Waals surface area contributed by atoms with Crippen molar-refractivity contribution in [2.75, 3.05) is 23.3 Å². The first-order valence-corrected chi connectivity index (χ1v) is 13.6. The second-order valence-corrected chi connectivity index (χ2v) is 12.9. The summed E-state index contributed by atoms with van der Waals surface area (Å²) in [6.07, 6.45) is -0.0276. The average molecular weight is 474 g/mol. The molecule has 12 heteroatoms. The Bertz CT molecular complexity index is 1300. The van der Waals surface area contributed by atoms with Crippen LogP contribution in [-0.4, -0.2) is 55.1 Å². The van der Waals surface area contributed by atoms with Crippen molar-refractivity contribution in [3.8, 4) is 0 Å². The molecular formula is C18H19NO8S3. The van der Waals surface area contributed by atoms with Crippen LogP contribution in [0, 0.1) is 0 Å². The van der Waals surface area contributed by atoms with Gasteiger partial charge in [0.2, 0.25) is 0 Å². The van der Waals surface area contributed by atoms with Crippen molar-refractivity contribution in [3.05, 3.63) is 54.1 Å². The highest BCUT2D eigenvalue weighted by Crippen LogP contribution is 2.27. The predicted molar refractivity (Wildman–Crippen MR) is 109 cm³/mol. The third kappa shape index (κ3) is 4.65. The standard InChI is InChI=1S/C18H19NO8S3/c1-27-18(20)13-4-2-5-14(10-13)19-30(25,26)16-7-3-6-15(11-16)29(23,24)17-8-9-28(21,22)12-17/h2-7,10-11,17,19H,8-9,12H2,1H3/t17-/m0/s1. The number of nitrogens with one attached hydrogen (secondary N) is 1. The van der Waals surface area contributed by atoms with Crippen LogP contribution in [0.5, 0.6) is 0 Å². The van der Waals surface area contributed by atoms with Gasteiger partial charge in [-0.1, -0.05) is 12.1 Å². The van der Waals surface area contributed by atoms with Crippen LogP contribution in [0.25, 0.3) is 0 Å². The number of esters is 1. The van der Waals surface area contributed by atoms with Crippen molar-refractivity contribution in [1.82, 2.24) is 0 Å². The molecule has 3 rings (SSSR count). The third-order valence-electron chi connectivity index (χ3n) is 4.61. The smallest absolute Gasteiger partial charge is 0.337 e. The van der Waals surface area contributed by atoms with E-state index in [0.717, 1.165) is 6.07 Å². The van der Waals surface area contributed by atoms with E-state index in [1.165, 1.54) is 49.6 Å². The van der Waals surface area contributed by atoms with Crippen molar-refractivity contribution in [2.24, 2.45) is 0 Å². The summed E-state index contributed by atoms with van der Waals surface area (Å²) in [5.74, 6) is -1.34. The van der Waals surface area contributed by atoms with E-state index in [4.69, 9.17) is 0 Å². The predicted octanol–water partition coefficient (Wildman–Crippen LogP) is 1.23. The van der Waals surface area contributed by atoms with Crippen LogP contribution in [0.1, 0.15) is 16.8 Å². The number of benzene rings is 2. The highest BCUT2D eigenvalue weighted by Gasteiger charge is 2.38. The molecule has 1 N–H and O–H groups in total. The van der Waals surface area contributed by atoms with Crippen molar-refractivity contribution in [3.63, 3.8) is 0 Å². The fourth-order valence-electron chi connectivity index (χ4n) is 3.06. The van der Waals surface area contributed by atoms with Crippen LogP contribution in [0.15, 0.2) is 58.3 Å². The van der Waals surface area contributed by atoms with E-state index < -0.39 is 46.7 Å². The van der Waals surface area contributed by atoms with Gasteiger partial charge < -0.3 is 4.74 Å². The van der Waals surface area contributed by atoms with Crippen molar-refractivity contribution in [1.29, 1.82) is 0 Å². The number of anilines is 1. The van der Waals surface area contributed by atoms with E-state index in [1.54, 1.807) is 0 Å². The van der Waals surface area contributed by atoms with Gasteiger partial charge >= 0.3 is 5.97 Å². The van der Waals surface area contributed by atoms with Crippen molar-refractivity contribution >= 4 is 41.4 Å². The monoisotopic (exact) mass is 473 g/mol. The van der Waals surface area contributed by atoms with Gasteiger partial charge in [0.15, 0.2) is 19.7 Å². The second-order valence-electron chi connectivity index (χ2n) is 6.72. The molecule has 1 aliphatic heterocycles. The molecule has 0 amide bonds. The number of ether oxygens (including phenoxy) is 1. The number of hydrogen-bond acceptors (Lipinski definition) is 8. The number of carbonyl (C=O) groups excluding carboxylic acids is 1.